The van der Waals surface area contributed by atoms with Gasteiger partial charge in [-0.05, 0) is 41.8 Å². The minimum Gasteiger partial charge on any atom is -0.497 e. The van der Waals surface area contributed by atoms with Gasteiger partial charge in [0.25, 0.3) is 0 Å². The first-order chi connectivity index (χ1) is 10.2. The molecule has 108 valence electrons. The molecule has 0 aliphatic heterocycles. The summed E-state index contributed by atoms with van der Waals surface area (Å²) >= 11 is 0. The van der Waals surface area contributed by atoms with E-state index in [0.717, 1.165) is 16.9 Å². The third-order valence-electron chi connectivity index (χ3n) is 3.30. The third-order valence-corrected chi connectivity index (χ3v) is 3.30. The first kappa shape index (κ1) is 15.0. The van der Waals surface area contributed by atoms with Gasteiger partial charge in [-0.2, -0.15) is 5.26 Å². The lowest BCUT2D eigenvalue weighted by Crippen LogP contribution is -2.23. The van der Waals surface area contributed by atoms with Gasteiger partial charge in [-0.1, -0.05) is 24.3 Å². The molecule has 2 aromatic carbocycles. The van der Waals surface area contributed by atoms with Crippen molar-refractivity contribution in [2.75, 3.05) is 13.7 Å². The van der Waals surface area contributed by atoms with Crippen LogP contribution >= 0.6 is 0 Å². The van der Waals surface area contributed by atoms with Crippen LogP contribution in [0.2, 0.25) is 0 Å². The second kappa shape index (κ2) is 7.41. The SMILES string of the molecule is COc1ccc([C@@H](Cc2ccc(F)cc2)NCC#N)cc1. The normalized spacial score (nSPS) is 11.7. The van der Waals surface area contributed by atoms with Crippen LogP contribution in [0.4, 0.5) is 4.39 Å². The summed E-state index contributed by atoms with van der Waals surface area (Å²) in [6.07, 6.45) is 0.689. The number of benzene rings is 2. The number of hydrogen-bond acceptors (Lipinski definition) is 3. The van der Waals surface area contributed by atoms with Crippen LogP contribution in [0, 0.1) is 17.1 Å². The number of halogens is 1. The van der Waals surface area contributed by atoms with Crippen molar-refractivity contribution in [1.82, 2.24) is 5.32 Å². The molecule has 0 aliphatic carbocycles. The lowest BCUT2D eigenvalue weighted by atomic mass is 9.98. The van der Waals surface area contributed by atoms with E-state index in [1.54, 1.807) is 19.2 Å². The highest BCUT2D eigenvalue weighted by Crippen LogP contribution is 2.21. The maximum absolute atomic E-state index is 13.0. The molecule has 0 radical (unpaired) electrons. The smallest absolute Gasteiger partial charge is 0.123 e. The predicted molar refractivity (Wildman–Crippen MR) is 79.5 cm³/mol. The van der Waals surface area contributed by atoms with Crippen molar-refractivity contribution in [3.63, 3.8) is 0 Å². The zero-order chi connectivity index (χ0) is 15.1. The van der Waals surface area contributed by atoms with Gasteiger partial charge in [0.2, 0.25) is 0 Å². The third kappa shape index (κ3) is 4.30. The summed E-state index contributed by atoms with van der Waals surface area (Å²) in [6.45, 7) is 0.262. The van der Waals surface area contributed by atoms with E-state index < -0.39 is 0 Å². The van der Waals surface area contributed by atoms with Crippen LogP contribution in [-0.2, 0) is 6.42 Å². The zero-order valence-electron chi connectivity index (χ0n) is 11.8. The highest BCUT2D eigenvalue weighted by molar-refractivity contribution is 5.30. The molecule has 0 unspecified atom stereocenters. The number of methoxy groups -OCH3 is 1. The van der Waals surface area contributed by atoms with E-state index in [4.69, 9.17) is 10.00 Å². The summed E-state index contributed by atoms with van der Waals surface area (Å²) in [7, 11) is 1.62. The van der Waals surface area contributed by atoms with E-state index in [1.165, 1.54) is 12.1 Å². The number of nitriles is 1. The summed E-state index contributed by atoms with van der Waals surface area (Å²) < 4.78 is 18.1. The second-order valence-electron chi connectivity index (χ2n) is 4.70. The fraction of sp³-hybridized carbons (Fsp3) is 0.235. The Morgan fingerprint density at radius 2 is 1.81 bits per heavy atom. The topological polar surface area (TPSA) is 45.0 Å². The summed E-state index contributed by atoms with van der Waals surface area (Å²) in [4.78, 5) is 0. The average Bonchev–Trinajstić information content (AvgIpc) is 2.53. The summed E-state index contributed by atoms with van der Waals surface area (Å²) in [5.41, 5.74) is 2.08. The molecule has 0 saturated carbocycles. The van der Waals surface area contributed by atoms with Gasteiger partial charge in [0.1, 0.15) is 11.6 Å². The maximum atomic E-state index is 13.0. The summed E-state index contributed by atoms with van der Waals surface area (Å²) in [5.74, 6) is 0.546. The maximum Gasteiger partial charge on any atom is 0.123 e. The van der Waals surface area contributed by atoms with Crippen LogP contribution in [0.5, 0.6) is 5.75 Å². The summed E-state index contributed by atoms with van der Waals surface area (Å²) in [5, 5.41) is 12.0. The highest BCUT2D eigenvalue weighted by Gasteiger charge is 2.12. The van der Waals surface area contributed by atoms with Gasteiger partial charge in [-0.25, -0.2) is 4.39 Å². The Hall–Kier alpha value is -2.38. The van der Waals surface area contributed by atoms with E-state index in [0.29, 0.717) is 6.42 Å². The minimum absolute atomic E-state index is 0.000942. The Bertz CT molecular complexity index is 602. The van der Waals surface area contributed by atoms with Crippen molar-refractivity contribution in [1.29, 1.82) is 5.26 Å². The molecule has 21 heavy (non-hydrogen) atoms. The second-order valence-corrected chi connectivity index (χ2v) is 4.70. The van der Waals surface area contributed by atoms with Crippen LogP contribution < -0.4 is 10.1 Å². The average molecular weight is 284 g/mol. The van der Waals surface area contributed by atoms with Crippen molar-refractivity contribution in [2.45, 2.75) is 12.5 Å². The highest BCUT2D eigenvalue weighted by atomic mass is 19.1. The van der Waals surface area contributed by atoms with E-state index in [2.05, 4.69) is 11.4 Å². The van der Waals surface area contributed by atoms with E-state index in [1.807, 2.05) is 24.3 Å². The number of hydrogen-bond donors (Lipinski definition) is 1. The molecule has 1 N–H and O–H groups in total. The molecule has 0 bridgehead atoms. The first-order valence-electron chi connectivity index (χ1n) is 6.71. The van der Waals surface area contributed by atoms with E-state index in [-0.39, 0.29) is 18.4 Å². The quantitative estimate of drug-likeness (QED) is 0.828. The van der Waals surface area contributed by atoms with Crippen LogP contribution in [-0.4, -0.2) is 13.7 Å². The first-order valence-corrected chi connectivity index (χ1v) is 6.71. The van der Waals surface area contributed by atoms with Crippen molar-refractivity contribution in [3.8, 4) is 11.8 Å². The van der Waals surface area contributed by atoms with Gasteiger partial charge in [0.05, 0.1) is 19.7 Å². The lowest BCUT2D eigenvalue weighted by molar-refractivity contribution is 0.414. The van der Waals surface area contributed by atoms with Gasteiger partial charge >= 0.3 is 0 Å². The molecular formula is C17H17FN2O. The molecule has 0 saturated heterocycles. The van der Waals surface area contributed by atoms with Gasteiger partial charge in [-0.15, -0.1) is 0 Å². The molecule has 0 aliphatic rings. The number of rotatable bonds is 6. The molecule has 0 aromatic heterocycles. The number of ether oxygens (including phenoxy) is 1. The molecular weight excluding hydrogens is 267 g/mol. The molecule has 0 amide bonds. The van der Waals surface area contributed by atoms with Crippen LogP contribution in [0.25, 0.3) is 0 Å². The van der Waals surface area contributed by atoms with Gasteiger partial charge in [0.15, 0.2) is 0 Å². The zero-order valence-corrected chi connectivity index (χ0v) is 11.8. The minimum atomic E-state index is -0.246. The van der Waals surface area contributed by atoms with Crippen molar-refractivity contribution in [3.05, 3.63) is 65.5 Å². The Morgan fingerprint density at radius 3 is 2.38 bits per heavy atom. The van der Waals surface area contributed by atoms with Crippen LogP contribution in [0.3, 0.4) is 0 Å². The molecule has 0 fully saturated rings. The Kier molecular flexibility index (Phi) is 5.30. The molecule has 0 spiro atoms. The molecule has 2 rings (SSSR count). The molecule has 4 heteroatoms. The molecule has 1 atom stereocenters. The van der Waals surface area contributed by atoms with Crippen LogP contribution in [0.15, 0.2) is 48.5 Å². The Labute approximate surface area is 124 Å². The number of nitrogens with one attached hydrogen (secondary N) is 1. The van der Waals surface area contributed by atoms with Gasteiger partial charge in [0, 0.05) is 6.04 Å². The van der Waals surface area contributed by atoms with E-state index >= 15 is 0 Å². The number of nitrogens with zero attached hydrogens (tertiary/aromatic N) is 1. The monoisotopic (exact) mass is 284 g/mol. The van der Waals surface area contributed by atoms with Crippen molar-refractivity contribution in [2.24, 2.45) is 0 Å². The fourth-order valence-electron chi connectivity index (χ4n) is 2.17. The standard InChI is InChI=1S/C17H17FN2O/c1-21-16-8-4-14(5-9-16)17(20-11-10-19)12-13-2-6-15(18)7-3-13/h2-9,17,20H,11-12H2,1H3/t17-/m1/s1. The Balaban J connectivity index is 2.16. The van der Waals surface area contributed by atoms with Crippen molar-refractivity contribution < 1.29 is 9.13 Å². The fourth-order valence-corrected chi connectivity index (χ4v) is 2.17. The van der Waals surface area contributed by atoms with Crippen molar-refractivity contribution >= 4 is 0 Å². The predicted octanol–water partition coefficient (Wildman–Crippen LogP) is 3.23. The molecule has 3 nitrogen and oxygen atoms in total. The van der Waals surface area contributed by atoms with Gasteiger partial charge < -0.3 is 4.74 Å². The van der Waals surface area contributed by atoms with Gasteiger partial charge in [-0.3, -0.25) is 5.32 Å². The Morgan fingerprint density at radius 1 is 1.14 bits per heavy atom. The largest absolute Gasteiger partial charge is 0.497 e. The summed E-state index contributed by atoms with van der Waals surface area (Å²) in [6, 6.07) is 16.2. The molecule has 0 heterocycles. The van der Waals surface area contributed by atoms with E-state index in [9.17, 15) is 4.39 Å². The molecule has 2 aromatic rings. The van der Waals surface area contributed by atoms with Crippen LogP contribution in [0.1, 0.15) is 17.2 Å². The lowest BCUT2D eigenvalue weighted by Gasteiger charge is -2.18.